The molecule has 9 heteroatoms. The fourth-order valence-corrected chi connectivity index (χ4v) is 5.66. The number of halogens is 1. The number of carbonyl (C=O) groups is 3. The minimum atomic E-state index is -0.555. The number of piperidine rings is 1. The van der Waals surface area contributed by atoms with Crippen molar-refractivity contribution in [3.05, 3.63) is 95.1 Å². The second kappa shape index (κ2) is 14.9. The molecular formula is C34H42FN5O3. The number of nitrogens with two attached hydrogens (primary N) is 1. The fourth-order valence-electron chi connectivity index (χ4n) is 5.66. The molecule has 1 fully saturated rings. The number of nitrogens with one attached hydrogen (secondary N) is 2. The molecule has 8 nitrogen and oxygen atoms in total. The maximum Gasteiger partial charge on any atom is 0.272 e. The molecule has 0 saturated carbocycles. The van der Waals surface area contributed by atoms with Gasteiger partial charge < -0.3 is 21.3 Å². The highest BCUT2D eigenvalue weighted by Crippen LogP contribution is 2.22. The summed E-state index contributed by atoms with van der Waals surface area (Å²) >= 11 is 0. The Morgan fingerprint density at radius 1 is 1.07 bits per heavy atom. The molecule has 4 N–H and O–H groups in total. The SMILES string of the molecule is CCC1CCCCN1C(=O)c1cc(C(=O)N[C@@H](Cc2ccccc2)[C@@H](N)C[C@@H](C)C(=O)Nc2ccc(F)cc2)cc(C)n1. The van der Waals surface area contributed by atoms with Crippen molar-refractivity contribution in [1.29, 1.82) is 0 Å². The Morgan fingerprint density at radius 3 is 2.49 bits per heavy atom. The molecule has 4 atom stereocenters. The molecule has 0 aliphatic carbocycles. The lowest BCUT2D eigenvalue weighted by Gasteiger charge is -2.35. The van der Waals surface area contributed by atoms with Crippen molar-refractivity contribution in [3.63, 3.8) is 0 Å². The minimum Gasteiger partial charge on any atom is -0.347 e. The van der Waals surface area contributed by atoms with E-state index in [4.69, 9.17) is 5.73 Å². The first-order chi connectivity index (χ1) is 20.6. The number of anilines is 1. The molecule has 1 aliphatic heterocycles. The number of nitrogens with zero attached hydrogens (tertiary/aromatic N) is 2. The molecule has 0 bridgehead atoms. The first-order valence-electron chi connectivity index (χ1n) is 15.1. The van der Waals surface area contributed by atoms with Gasteiger partial charge in [-0.3, -0.25) is 14.4 Å². The zero-order valence-electron chi connectivity index (χ0n) is 25.2. The third-order valence-corrected chi connectivity index (χ3v) is 8.11. The molecule has 2 aromatic carbocycles. The Bertz CT molecular complexity index is 1400. The second-order valence-corrected chi connectivity index (χ2v) is 11.5. The van der Waals surface area contributed by atoms with Crippen LogP contribution in [0, 0.1) is 18.7 Å². The molecule has 0 radical (unpaired) electrons. The summed E-state index contributed by atoms with van der Waals surface area (Å²) in [6, 6.07) is 17.6. The van der Waals surface area contributed by atoms with Crippen molar-refractivity contribution >= 4 is 23.4 Å². The Labute approximate surface area is 253 Å². The Hall–Kier alpha value is -4.11. The fraction of sp³-hybridized carbons (Fsp3) is 0.412. The first kappa shape index (κ1) is 31.8. The van der Waals surface area contributed by atoms with Crippen LogP contribution in [0.3, 0.4) is 0 Å². The molecule has 4 rings (SSSR count). The van der Waals surface area contributed by atoms with Crippen LogP contribution in [-0.4, -0.2) is 52.3 Å². The van der Waals surface area contributed by atoms with Gasteiger partial charge in [0.05, 0.1) is 0 Å². The minimum absolute atomic E-state index is 0.150. The number of rotatable bonds is 11. The van der Waals surface area contributed by atoms with Gasteiger partial charge in [0.25, 0.3) is 11.8 Å². The van der Waals surface area contributed by atoms with Crippen LogP contribution in [0.1, 0.15) is 78.1 Å². The average molecular weight is 588 g/mol. The van der Waals surface area contributed by atoms with Gasteiger partial charge >= 0.3 is 0 Å². The van der Waals surface area contributed by atoms with Crippen molar-refractivity contribution < 1.29 is 18.8 Å². The quantitative estimate of drug-likeness (QED) is 0.283. The van der Waals surface area contributed by atoms with Crippen molar-refractivity contribution in [2.75, 3.05) is 11.9 Å². The Balaban J connectivity index is 1.50. The molecule has 43 heavy (non-hydrogen) atoms. The number of amides is 3. The lowest BCUT2D eigenvalue weighted by Crippen LogP contribution is -2.50. The molecular weight excluding hydrogens is 545 g/mol. The van der Waals surface area contributed by atoms with Crippen LogP contribution in [0.25, 0.3) is 0 Å². The standard InChI is InChI=1S/C34H42FN5O3/c1-4-28-12-8-9-17-40(28)34(43)31-21-25(19-23(3)37-31)33(42)39-30(20-24-10-6-5-7-11-24)29(36)18-22(2)32(41)38-27-15-13-26(35)14-16-27/h5-7,10-11,13-16,19,21-22,28-30H,4,8-9,12,17-18,20,36H2,1-3H3,(H,38,41)(H,39,42)/t22-,28?,29+,30+/m1/s1. The summed E-state index contributed by atoms with van der Waals surface area (Å²) in [6.45, 7) is 6.32. The van der Waals surface area contributed by atoms with Crippen LogP contribution in [-0.2, 0) is 11.2 Å². The summed E-state index contributed by atoms with van der Waals surface area (Å²) in [5, 5.41) is 5.88. The average Bonchev–Trinajstić information content (AvgIpc) is 3.01. The van der Waals surface area contributed by atoms with Crippen LogP contribution in [0.5, 0.6) is 0 Å². The van der Waals surface area contributed by atoms with E-state index in [2.05, 4.69) is 22.5 Å². The van der Waals surface area contributed by atoms with Gasteiger partial charge in [0.15, 0.2) is 0 Å². The van der Waals surface area contributed by atoms with Gasteiger partial charge in [0.2, 0.25) is 5.91 Å². The highest BCUT2D eigenvalue weighted by Gasteiger charge is 2.29. The number of pyridine rings is 1. The van der Waals surface area contributed by atoms with Gasteiger partial charge in [0.1, 0.15) is 11.5 Å². The van der Waals surface area contributed by atoms with E-state index in [-0.39, 0.29) is 35.3 Å². The molecule has 3 aromatic rings. The number of hydrogen-bond donors (Lipinski definition) is 3. The normalized spacial score (nSPS) is 17.0. The lowest BCUT2D eigenvalue weighted by atomic mass is 9.92. The highest BCUT2D eigenvalue weighted by molar-refractivity contribution is 5.99. The van der Waals surface area contributed by atoms with Crippen LogP contribution in [0.15, 0.2) is 66.7 Å². The van der Waals surface area contributed by atoms with E-state index in [0.717, 1.165) is 31.2 Å². The summed E-state index contributed by atoms with van der Waals surface area (Å²) in [4.78, 5) is 46.3. The number of aryl methyl sites for hydroxylation is 1. The Kier molecular flexibility index (Phi) is 11.0. The first-order valence-corrected chi connectivity index (χ1v) is 15.1. The van der Waals surface area contributed by atoms with Crippen molar-refractivity contribution in [2.45, 2.75) is 77.4 Å². The molecule has 1 unspecified atom stereocenters. The van der Waals surface area contributed by atoms with E-state index in [1.807, 2.05) is 35.2 Å². The van der Waals surface area contributed by atoms with Gasteiger partial charge in [-0.15, -0.1) is 0 Å². The van der Waals surface area contributed by atoms with Gasteiger partial charge in [0, 0.05) is 47.5 Å². The number of benzene rings is 2. The van der Waals surface area contributed by atoms with Gasteiger partial charge in [-0.2, -0.15) is 0 Å². The third kappa shape index (κ3) is 8.70. The van der Waals surface area contributed by atoms with Crippen molar-refractivity contribution in [1.82, 2.24) is 15.2 Å². The lowest BCUT2D eigenvalue weighted by molar-refractivity contribution is -0.119. The zero-order valence-corrected chi connectivity index (χ0v) is 25.2. The van der Waals surface area contributed by atoms with Gasteiger partial charge in [-0.25, -0.2) is 9.37 Å². The smallest absolute Gasteiger partial charge is 0.272 e. The van der Waals surface area contributed by atoms with Crippen molar-refractivity contribution in [3.8, 4) is 0 Å². The summed E-state index contributed by atoms with van der Waals surface area (Å²) in [6.07, 6.45) is 4.68. The van der Waals surface area contributed by atoms with E-state index < -0.39 is 18.0 Å². The van der Waals surface area contributed by atoms with E-state index in [1.165, 1.54) is 24.3 Å². The predicted molar refractivity (Wildman–Crippen MR) is 166 cm³/mol. The van der Waals surface area contributed by atoms with E-state index in [9.17, 15) is 18.8 Å². The summed E-state index contributed by atoms with van der Waals surface area (Å²) in [7, 11) is 0. The molecule has 1 aliphatic rings. The summed E-state index contributed by atoms with van der Waals surface area (Å²) in [5.41, 5.74) is 9.33. The topological polar surface area (TPSA) is 117 Å². The van der Waals surface area contributed by atoms with Gasteiger partial charge in [-0.05, 0) is 87.4 Å². The number of aromatic nitrogens is 1. The maximum atomic E-state index is 13.6. The second-order valence-electron chi connectivity index (χ2n) is 11.5. The molecule has 2 heterocycles. The van der Waals surface area contributed by atoms with Crippen LogP contribution < -0.4 is 16.4 Å². The molecule has 1 saturated heterocycles. The molecule has 228 valence electrons. The number of hydrogen-bond acceptors (Lipinski definition) is 5. The van der Waals surface area contributed by atoms with E-state index >= 15 is 0 Å². The predicted octanol–water partition coefficient (Wildman–Crippen LogP) is 5.27. The van der Waals surface area contributed by atoms with Crippen LogP contribution in [0.4, 0.5) is 10.1 Å². The summed E-state index contributed by atoms with van der Waals surface area (Å²) in [5.74, 6) is -1.61. The van der Waals surface area contributed by atoms with Crippen molar-refractivity contribution in [2.24, 2.45) is 11.7 Å². The monoisotopic (exact) mass is 587 g/mol. The molecule has 3 amide bonds. The molecule has 1 aromatic heterocycles. The maximum absolute atomic E-state index is 13.6. The summed E-state index contributed by atoms with van der Waals surface area (Å²) < 4.78 is 13.3. The Morgan fingerprint density at radius 2 is 1.79 bits per heavy atom. The van der Waals surface area contributed by atoms with Gasteiger partial charge in [-0.1, -0.05) is 44.2 Å². The van der Waals surface area contributed by atoms with E-state index in [1.54, 1.807) is 26.0 Å². The number of carbonyl (C=O) groups excluding carboxylic acids is 3. The number of likely N-dealkylation sites (tertiary alicyclic amines) is 1. The van der Waals surface area contributed by atoms with Crippen LogP contribution >= 0.6 is 0 Å². The highest BCUT2D eigenvalue weighted by atomic mass is 19.1. The van der Waals surface area contributed by atoms with E-state index in [0.29, 0.717) is 36.3 Å². The largest absolute Gasteiger partial charge is 0.347 e. The third-order valence-electron chi connectivity index (χ3n) is 8.11. The molecule has 0 spiro atoms. The zero-order chi connectivity index (χ0) is 30.9. The van der Waals surface area contributed by atoms with Crippen LogP contribution in [0.2, 0.25) is 0 Å².